The lowest BCUT2D eigenvalue weighted by Gasteiger charge is -2.45. The van der Waals surface area contributed by atoms with E-state index < -0.39 is 0 Å². The summed E-state index contributed by atoms with van der Waals surface area (Å²) in [6.07, 6.45) is 3.22. The van der Waals surface area contributed by atoms with Crippen molar-refractivity contribution in [2.45, 2.75) is 52.5 Å². The molecule has 0 aliphatic carbocycles. The number of anilines is 2. The van der Waals surface area contributed by atoms with Crippen LogP contribution in [-0.4, -0.2) is 25.0 Å². The smallest absolute Gasteiger partial charge is 0.258 e. The Bertz CT molecular complexity index is 986. The zero-order valence-electron chi connectivity index (χ0n) is 17.8. The highest BCUT2D eigenvalue weighted by Gasteiger charge is 2.35. The number of para-hydroxylation sites is 1. The van der Waals surface area contributed by atoms with Crippen LogP contribution in [0.25, 0.3) is 11.6 Å². The van der Waals surface area contributed by atoms with Gasteiger partial charge in [0, 0.05) is 36.0 Å². The van der Waals surface area contributed by atoms with E-state index in [1.807, 2.05) is 30.0 Å². The molecule has 2 aromatic carbocycles. The van der Waals surface area contributed by atoms with Crippen molar-refractivity contribution in [2.24, 2.45) is 0 Å². The van der Waals surface area contributed by atoms with Crippen molar-refractivity contribution >= 4 is 28.9 Å². The first kappa shape index (κ1) is 18.8. The van der Waals surface area contributed by atoms with Crippen LogP contribution in [-0.2, 0) is 4.79 Å². The van der Waals surface area contributed by atoms with E-state index in [4.69, 9.17) is 0 Å². The normalized spacial score (nSPS) is 21.9. The number of nitrogens with zero attached hydrogens (tertiary/aromatic N) is 2. The van der Waals surface area contributed by atoms with Gasteiger partial charge in [-0.25, -0.2) is 0 Å². The van der Waals surface area contributed by atoms with Gasteiger partial charge in [-0.1, -0.05) is 25.1 Å². The largest absolute Gasteiger partial charge is 0.369 e. The van der Waals surface area contributed by atoms with E-state index in [9.17, 15) is 4.79 Å². The summed E-state index contributed by atoms with van der Waals surface area (Å²) >= 11 is 0. The van der Waals surface area contributed by atoms with E-state index in [0.29, 0.717) is 12.5 Å². The quantitative estimate of drug-likeness (QED) is 0.637. The Morgan fingerprint density at radius 1 is 1.18 bits per heavy atom. The van der Waals surface area contributed by atoms with Gasteiger partial charge in [-0.3, -0.25) is 4.79 Å². The predicted molar refractivity (Wildman–Crippen MR) is 119 cm³/mol. The summed E-state index contributed by atoms with van der Waals surface area (Å²) in [5.74, 6) is 0.602. The lowest BCUT2D eigenvalue weighted by Crippen LogP contribution is -2.45. The average molecular weight is 375 g/mol. The number of fused-ring (bicyclic) bond motifs is 2. The first-order valence-electron chi connectivity index (χ1n) is 10.3. The van der Waals surface area contributed by atoms with Gasteiger partial charge in [0.1, 0.15) is 0 Å². The molecule has 0 radical (unpaired) electrons. The number of likely N-dealkylation sites (N-methyl/N-ethyl adjacent to an activating group) is 1. The summed E-state index contributed by atoms with van der Waals surface area (Å²) in [5.41, 5.74) is 8.07. The Kier molecular flexibility index (Phi) is 4.37. The van der Waals surface area contributed by atoms with Crippen molar-refractivity contribution in [3.05, 3.63) is 58.7 Å². The number of aryl methyl sites for hydroxylation is 1. The fourth-order valence-electron chi connectivity index (χ4n) is 4.81. The Balaban J connectivity index is 1.84. The van der Waals surface area contributed by atoms with Gasteiger partial charge in [-0.2, -0.15) is 0 Å². The van der Waals surface area contributed by atoms with Gasteiger partial charge >= 0.3 is 0 Å². The Labute approximate surface area is 168 Å². The van der Waals surface area contributed by atoms with Crippen LogP contribution < -0.4 is 9.80 Å². The third kappa shape index (κ3) is 2.76. The van der Waals surface area contributed by atoms with E-state index in [1.165, 1.54) is 16.8 Å². The second-order valence-electron chi connectivity index (χ2n) is 8.87. The van der Waals surface area contributed by atoms with Crippen LogP contribution in [0.3, 0.4) is 0 Å². The minimum Gasteiger partial charge on any atom is -0.369 e. The molecule has 2 aliphatic heterocycles. The van der Waals surface area contributed by atoms with Crippen LogP contribution in [0, 0.1) is 6.92 Å². The number of carbonyl (C=O) groups excluding carboxylic acids is 1. The SMILES string of the molecule is CCN1C(=O)/C(=C\c2cc3c(cc2C)N(C)C(C)(C)CC3C)c2ccccc21. The highest BCUT2D eigenvalue weighted by Crippen LogP contribution is 2.44. The molecule has 0 spiro atoms. The topological polar surface area (TPSA) is 23.6 Å². The van der Waals surface area contributed by atoms with Gasteiger partial charge in [-0.05, 0) is 81.0 Å². The van der Waals surface area contributed by atoms with Crippen molar-refractivity contribution in [3.8, 4) is 0 Å². The maximum Gasteiger partial charge on any atom is 0.258 e. The molecule has 0 aromatic heterocycles. The molecule has 1 amide bonds. The number of benzene rings is 2. The first-order chi connectivity index (χ1) is 13.2. The minimum atomic E-state index is 0.104. The van der Waals surface area contributed by atoms with Crippen molar-refractivity contribution in [3.63, 3.8) is 0 Å². The highest BCUT2D eigenvalue weighted by molar-refractivity contribution is 6.35. The van der Waals surface area contributed by atoms with E-state index >= 15 is 0 Å². The maximum atomic E-state index is 13.0. The molecule has 0 saturated carbocycles. The Hall–Kier alpha value is -2.55. The molecule has 0 N–H and O–H groups in total. The second-order valence-corrected chi connectivity index (χ2v) is 8.87. The summed E-state index contributed by atoms with van der Waals surface area (Å²) in [7, 11) is 2.19. The van der Waals surface area contributed by atoms with Crippen LogP contribution in [0.5, 0.6) is 0 Å². The monoisotopic (exact) mass is 374 g/mol. The molecule has 2 aromatic rings. The Morgan fingerprint density at radius 2 is 1.89 bits per heavy atom. The van der Waals surface area contributed by atoms with Crippen molar-refractivity contribution < 1.29 is 4.79 Å². The van der Waals surface area contributed by atoms with Crippen molar-refractivity contribution in [1.29, 1.82) is 0 Å². The van der Waals surface area contributed by atoms with E-state index in [-0.39, 0.29) is 11.4 Å². The molecule has 0 saturated heterocycles. The Morgan fingerprint density at radius 3 is 2.61 bits per heavy atom. The summed E-state index contributed by atoms with van der Waals surface area (Å²) in [4.78, 5) is 17.3. The first-order valence-corrected chi connectivity index (χ1v) is 10.3. The number of carbonyl (C=O) groups is 1. The molecule has 2 aliphatic rings. The van der Waals surface area contributed by atoms with Crippen LogP contribution in [0.1, 0.15) is 62.3 Å². The van der Waals surface area contributed by atoms with E-state index in [1.54, 1.807) is 0 Å². The summed E-state index contributed by atoms with van der Waals surface area (Å²) in [6.45, 7) is 11.8. The van der Waals surface area contributed by atoms with Gasteiger partial charge in [0.15, 0.2) is 0 Å². The molecule has 3 nitrogen and oxygen atoms in total. The minimum absolute atomic E-state index is 0.104. The van der Waals surface area contributed by atoms with Gasteiger partial charge in [0.25, 0.3) is 5.91 Å². The molecule has 0 fully saturated rings. The molecule has 146 valence electrons. The van der Waals surface area contributed by atoms with Gasteiger partial charge in [0.05, 0.1) is 5.69 Å². The molecule has 3 heteroatoms. The summed E-state index contributed by atoms with van der Waals surface area (Å²) in [5, 5.41) is 0. The molecule has 1 unspecified atom stereocenters. The van der Waals surface area contributed by atoms with Crippen LogP contribution in [0.15, 0.2) is 36.4 Å². The predicted octanol–water partition coefficient (Wildman–Crippen LogP) is 5.62. The van der Waals surface area contributed by atoms with Crippen LogP contribution >= 0.6 is 0 Å². The third-order valence-electron chi connectivity index (χ3n) is 6.60. The van der Waals surface area contributed by atoms with E-state index in [0.717, 1.165) is 28.8 Å². The lowest BCUT2D eigenvalue weighted by molar-refractivity contribution is -0.112. The van der Waals surface area contributed by atoms with Crippen molar-refractivity contribution in [1.82, 2.24) is 0 Å². The number of hydrogen-bond acceptors (Lipinski definition) is 2. The number of hydrogen-bond donors (Lipinski definition) is 0. The molecular weight excluding hydrogens is 344 g/mol. The second kappa shape index (κ2) is 6.51. The molecule has 0 bridgehead atoms. The number of amides is 1. The molecular formula is C25H30N2O. The molecule has 4 rings (SSSR count). The molecule has 2 heterocycles. The van der Waals surface area contributed by atoms with Crippen LogP contribution in [0.2, 0.25) is 0 Å². The van der Waals surface area contributed by atoms with E-state index in [2.05, 4.69) is 63.9 Å². The average Bonchev–Trinajstić information content (AvgIpc) is 2.92. The highest BCUT2D eigenvalue weighted by atomic mass is 16.2. The summed E-state index contributed by atoms with van der Waals surface area (Å²) < 4.78 is 0. The van der Waals surface area contributed by atoms with Gasteiger partial charge < -0.3 is 9.80 Å². The fraction of sp³-hybridized carbons (Fsp3) is 0.400. The maximum absolute atomic E-state index is 13.0. The standard InChI is InChI=1S/C25H30N2O/c1-7-27-22-11-9-8-10-19(22)21(24(27)28)14-18-13-20-17(3)15-25(4,5)26(6)23(20)12-16(18)2/h8-14,17H,7,15H2,1-6H3/b21-14-. The zero-order chi connectivity index (χ0) is 20.2. The third-order valence-corrected chi connectivity index (χ3v) is 6.60. The zero-order valence-corrected chi connectivity index (χ0v) is 17.8. The lowest BCUT2D eigenvalue weighted by atomic mass is 9.79. The molecule has 28 heavy (non-hydrogen) atoms. The van der Waals surface area contributed by atoms with Gasteiger partial charge in [0.2, 0.25) is 0 Å². The number of rotatable bonds is 2. The molecule has 1 atom stereocenters. The summed E-state index contributed by atoms with van der Waals surface area (Å²) in [6, 6.07) is 12.7. The van der Waals surface area contributed by atoms with Crippen LogP contribution in [0.4, 0.5) is 11.4 Å². The van der Waals surface area contributed by atoms with Crippen molar-refractivity contribution in [2.75, 3.05) is 23.4 Å². The fourth-order valence-corrected chi connectivity index (χ4v) is 4.81. The van der Waals surface area contributed by atoms with Gasteiger partial charge in [-0.15, -0.1) is 0 Å².